The van der Waals surface area contributed by atoms with Gasteiger partial charge in [-0.1, -0.05) is 0 Å². The van der Waals surface area contributed by atoms with Crippen molar-refractivity contribution < 1.29 is 27.3 Å². The number of amides is 2. The van der Waals surface area contributed by atoms with Crippen LogP contribution in [0.5, 0.6) is 5.75 Å². The molecule has 2 fully saturated rings. The van der Waals surface area contributed by atoms with E-state index in [-0.39, 0.29) is 30.7 Å². The first-order valence-electron chi connectivity index (χ1n) is 15.8. The number of piperidine rings is 1. The summed E-state index contributed by atoms with van der Waals surface area (Å²) in [4.78, 5) is 35.6. The Labute approximate surface area is 274 Å². The average Bonchev–Trinajstić information content (AvgIpc) is 3.37. The number of carbonyl (C=O) groups excluding carboxylic acids is 2. The van der Waals surface area contributed by atoms with E-state index in [9.17, 15) is 22.6 Å². The van der Waals surface area contributed by atoms with E-state index >= 15 is 0 Å². The van der Waals surface area contributed by atoms with Crippen molar-refractivity contribution in [3.8, 4) is 5.75 Å². The van der Waals surface area contributed by atoms with Gasteiger partial charge in [0, 0.05) is 82.2 Å². The summed E-state index contributed by atoms with van der Waals surface area (Å²) in [5.74, 6) is 1.21. The fourth-order valence-corrected chi connectivity index (χ4v) is 7.24. The Morgan fingerprint density at radius 2 is 1.85 bits per heavy atom. The molecule has 0 radical (unpaired) electrons. The van der Waals surface area contributed by atoms with Crippen molar-refractivity contribution in [1.82, 2.24) is 34.3 Å². The molecule has 2 aliphatic rings. The molecule has 5 rings (SSSR count). The Morgan fingerprint density at radius 1 is 1.13 bits per heavy atom. The highest BCUT2D eigenvalue weighted by Crippen LogP contribution is 2.31. The summed E-state index contributed by atoms with van der Waals surface area (Å²) in [5, 5.41) is 14.0. The minimum Gasteiger partial charge on any atom is -0.432 e. The maximum Gasteiger partial charge on any atom is 0.387 e. The Balaban J connectivity index is 1.02. The molecule has 1 aromatic carbocycles. The number of hydrogen-bond acceptors (Lipinski definition) is 10. The van der Waals surface area contributed by atoms with Crippen molar-refractivity contribution in [3.05, 3.63) is 30.1 Å². The number of aromatic nitrogens is 4. The van der Waals surface area contributed by atoms with Crippen LogP contribution >= 0.6 is 0 Å². The van der Waals surface area contributed by atoms with Gasteiger partial charge in [0.2, 0.25) is 18.3 Å². The van der Waals surface area contributed by atoms with Gasteiger partial charge >= 0.3 is 6.61 Å². The molecule has 256 valence electrons. The summed E-state index contributed by atoms with van der Waals surface area (Å²) in [7, 11) is 0.822. The standard InChI is InChI=1S/C30H42F2N10O4S/c1-21-16-23(17-25-27(21)28(38-39(25)2)37-26(44)4-7-33-20-43)41-13-11-40(12-14-41)8-3-15-47(45)42-9-5-22(6-10-42)36-30-34-18-24(19-35-30)46-29(31)32/h16-20,22,29H,3-15H2,1-2H3,(H,33,43)(H,34,35,36)(H,37,38,44). The Hall–Kier alpha value is -3.96. The number of piperazine rings is 1. The topological polar surface area (TPSA) is 150 Å². The minimum atomic E-state index is -2.91. The molecule has 0 spiro atoms. The highest BCUT2D eigenvalue weighted by molar-refractivity contribution is 7.82. The fourth-order valence-electron chi connectivity index (χ4n) is 5.99. The van der Waals surface area contributed by atoms with Gasteiger partial charge in [-0.25, -0.2) is 18.5 Å². The van der Waals surface area contributed by atoms with E-state index in [0.29, 0.717) is 37.0 Å². The van der Waals surface area contributed by atoms with E-state index in [4.69, 9.17) is 0 Å². The van der Waals surface area contributed by atoms with Crippen LogP contribution in [0.2, 0.25) is 0 Å². The van der Waals surface area contributed by atoms with E-state index in [0.717, 1.165) is 74.1 Å². The molecule has 3 N–H and O–H groups in total. The quantitative estimate of drug-likeness (QED) is 0.161. The largest absolute Gasteiger partial charge is 0.432 e. The van der Waals surface area contributed by atoms with E-state index < -0.39 is 17.6 Å². The van der Waals surface area contributed by atoms with Crippen LogP contribution in [0.3, 0.4) is 0 Å². The predicted molar refractivity (Wildman–Crippen MR) is 176 cm³/mol. The molecular weight excluding hydrogens is 634 g/mol. The highest BCUT2D eigenvalue weighted by atomic mass is 32.2. The summed E-state index contributed by atoms with van der Waals surface area (Å²) < 4.78 is 45.7. The molecule has 1 unspecified atom stereocenters. The van der Waals surface area contributed by atoms with Crippen molar-refractivity contribution in [2.75, 3.05) is 73.6 Å². The lowest BCUT2D eigenvalue weighted by Crippen LogP contribution is -2.47. The summed E-state index contributed by atoms with van der Waals surface area (Å²) in [5.41, 5.74) is 3.09. The summed E-state index contributed by atoms with van der Waals surface area (Å²) in [6.07, 6.45) is 5.60. The maximum atomic E-state index is 13.0. The van der Waals surface area contributed by atoms with Crippen molar-refractivity contribution in [2.45, 2.75) is 45.3 Å². The molecule has 0 saturated carbocycles. The number of fused-ring (bicyclic) bond motifs is 1. The van der Waals surface area contributed by atoms with Crippen LogP contribution in [0.4, 0.5) is 26.2 Å². The third-order valence-electron chi connectivity index (χ3n) is 8.43. The van der Waals surface area contributed by atoms with Gasteiger partial charge in [-0.2, -0.15) is 13.9 Å². The smallest absolute Gasteiger partial charge is 0.387 e. The van der Waals surface area contributed by atoms with Crippen molar-refractivity contribution in [3.63, 3.8) is 0 Å². The van der Waals surface area contributed by atoms with E-state index in [1.54, 1.807) is 4.68 Å². The molecule has 2 saturated heterocycles. The molecule has 14 nitrogen and oxygen atoms in total. The number of nitrogens with zero attached hydrogens (tertiary/aromatic N) is 7. The van der Waals surface area contributed by atoms with Gasteiger partial charge in [0.05, 0.1) is 28.9 Å². The molecule has 0 aliphatic carbocycles. The molecule has 3 aromatic rings. The normalized spacial score (nSPS) is 17.2. The van der Waals surface area contributed by atoms with Crippen LogP contribution in [0.25, 0.3) is 10.9 Å². The average molecular weight is 677 g/mol. The van der Waals surface area contributed by atoms with Crippen LogP contribution in [0.15, 0.2) is 24.5 Å². The molecule has 2 amide bonds. The zero-order valence-corrected chi connectivity index (χ0v) is 27.5. The first-order chi connectivity index (χ1) is 22.7. The zero-order valence-electron chi connectivity index (χ0n) is 26.7. The van der Waals surface area contributed by atoms with Gasteiger partial charge < -0.3 is 25.6 Å². The van der Waals surface area contributed by atoms with E-state index in [1.165, 1.54) is 12.4 Å². The van der Waals surface area contributed by atoms with Crippen molar-refractivity contribution in [2.24, 2.45) is 7.05 Å². The van der Waals surface area contributed by atoms with Gasteiger partial charge in [0.15, 0.2) is 11.6 Å². The van der Waals surface area contributed by atoms with Gasteiger partial charge in [-0.15, -0.1) is 0 Å². The van der Waals surface area contributed by atoms with Gasteiger partial charge in [0.25, 0.3) is 0 Å². The molecule has 17 heteroatoms. The van der Waals surface area contributed by atoms with Gasteiger partial charge in [-0.3, -0.25) is 19.2 Å². The zero-order chi connectivity index (χ0) is 33.3. The van der Waals surface area contributed by atoms with Crippen LogP contribution in [-0.4, -0.2) is 116 Å². The van der Waals surface area contributed by atoms with Crippen molar-refractivity contribution in [1.29, 1.82) is 0 Å². The highest BCUT2D eigenvalue weighted by Gasteiger charge is 2.24. The molecular formula is C30H42F2N10O4S. The van der Waals surface area contributed by atoms with Gasteiger partial charge in [-0.05, 0) is 50.4 Å². The lowest BCUT2D eigenvalue weighted by atomic mass is 10.1. The third kappa shape index (κ3) is 9.32. The Bertz CT molecular complexity index is 1530. The first-order valence-corrected chi connectivity index (χ1v) is 17.1. The van der Waals surface area contributed by atoms with Crippen molar-refractivity contribution >= 4 is 51.7 Å². The number of anilines is 3. The number of rotatable bonds is 15. The Kier molecular flexibility index (Phi) is 11.9. The maximum absolute atomic E-state index is 13.0. The number of halogens is 2. The summed E-state index contributed by atoms with van der Waals surface area (Å²) >= 11 is 0. The first kappa shape index (κ1) is 34.4. The minimum absolute atomic E-state index is 0.0859. The number of carbonyl (C=O) groups is 2. The number of hydrogen-bond donors (Lipinski definition) is 3. The van der Waals surface area contributed by atoms with Crippen LogP contribution in [-0.2, 0) is 27.6 Å². The lowest BCUT2D eigenvalue weighted by molar-refractivity contribution is -0.116. The molecule has 2 aliphatic heterocycles. The predicted octanol–water partition coefficient (Wildman–Crippen LogP) is 2.10. The number of aryl methyl sites for hydroxylation is 2. The fraction of sp³-hybridized carbons (Fsp3) is 0.567. The van der Waals surface area contributed by atoms with Crippen LogP contribution < -0.4 is 25.6 Å². The third-order valence-corrected chi connectivity index (χ3v) is 10.0. The molecule has 47 heavy (non-hydrogen) atoms. The summed E-state index contributed by atoms with van der Waals surface area (Å²) in [6, 6.07) is 4.37. The molecule has 2 aromatic heterocycles. The molecule has 4 heterocycles. The second-order valence-corrected chi connectivity index (χ2v) is 13.2. The Morgan fingerprint density at radius 3 is 2.53 bits per heavy atom. The second kappa shape index (κ2) is 16.2. The van der Waals surface area contributed by atoms with Crippen LogP contribution in [0.1, 0.15) is 31.2 Å². The number of alkyl halides is 2. The SMILES string of the molecule is Cc1cc(N2CCN(CCCS(=O)N3CCC(Nc4ncc(OC(F)F)cn4)CC3)CC2)cc2c1c(NC(=O)CCNC=O)nn2C. The number of benzene rings is 1. The van der Waals surface area contributed by atoms with Gasteiger partial charge in [0.1, 0.15) is 0 Å². The number of ether oxygens (including phenoxy) is 1. The lowest BCUT2D eigenvalue weighted by Gasteiger charge is -2.36. The molecule has 1 atom stereocenters. The van der Waals surface area contributed by atoms with Crippen LogP contribution in [0, 0.1) is 6.92 Å². The van der Waals surface area contributed by atoms with E-state index in [1.807, 2.05) is 18.3 Å². The second-order valence-electron chi connectivity index (χ2n) is 11.7. The van der Waals surface area contributed by atoms with E-state index in [2.05, 4.69) is 57.7 Å². The summed E-state index contributed by atoms with van der Waals surface area (Å²) in [6.45, 7) is 5.26. The number of nitrogens with one attached hydrogen (secondary N) is 3. The monoisotopic (exact) mass is 676 g/mol. The molecule has 0 bridgehead atoms.